The van der Waals surface area contributed by atoms with E-state index in [2.05, 4.69) is 5.32 Å². The Labute approximate surface area is 89.7 Å². The van der Waals surface area contributed by atoms with E-state index in [1.165, 1.54) is 12.1 Å². The second-order valence-corrected chi connectivity index (χ2v) is 4.42. The van der Waals surface area contributed by atoms with E-state index in [4.69, 9.17) is 5.73 Å². The summed E-state index contributed by atoms with van der Waals surface area (Å²) in [4.78, 5) is 0. The second kappa shape index (κ2) is 4.29. The molecule has 1 aliphatic rings. The van der Waals surface area contributed by atoms with Crippen LogP contribution in [0.25, 0.3) is 0 Å². The molecule has 0 spiro atoms. The van der Waals surface area contributed by atoms with Gasteiger partial charge in [-0.2, -0.15) is 0 Å². The lowest BCUT2D eigenvalue weighted by Gasteiger charge is -2.34. The molecular formula is C12H17FN2. The molecule has 15 heavy (non-hydrogen) atoms. The Bertz CT molecular complexity index is 315. The van der Waals surface area contributed by atoms with E-state index in [-0.39, 0.29) is 11.4 Å². The van der Waals surface area contributed by atoms with E-state index in [9.17, 15) is 4.39 Å². The van der Waals surface area contributed by atoms with Crippen molar-refractivity contribution < 1.29 is 4.39 Å². The summed E-state index contributed by atoms with van der Waals surface area (Å²) in [7, 11) is 0. The molecule has 1 aromatic rings. The smallest absolute Gasteiger partial charge is 0.123 e. The first-order chi connectivity index (χ1) is 7.18. The first-order valence-corrected chi connectivity index (χ1v) is 5.42. The van der Waals surface area contributed by atoms with E-state index < -0.39 is 0 Å². The molecule has 0 saturated carbocycles. The van der Waals surface area contributed by atoms with Gasteiger partial charge in [0.05, 0.1) is 0 Å². The average Bonchev–Trinajstić information content (AvgIpc) is 2.22. The van der Waals surface area contributed by atoms with Crippen LogP contribution < -0.4 is 11.1 Å². The number of hydrogen-bond acceptors (Lipinski definition) is 2. The lowest BCUT2D eigenvalue weighted by atomic mass is 9.83. The van der Waals surface area contributed by atoms with Crippen molar-refractivity contribution in [2.45, 2.75) is 24.8 Å². The minimum atomic E-state index is -0.185. The third-order valence-electron chi connectivity index (χ3n) is 3.07. The SMILES string of the molecule is NC1(Cc2ccc(F)cc2)CCNCC1. The minimum Gasteiger partial charge on any atom is -0.325 e. The molecule has 0 aliphatic carbocycles. The topological polar surface area (TPSA) is 38.0 Å². The molecule has 82 valence electrons. The summed E-state index contributed by atoms with van der Waals surface area (Å²) in [6, 6.07) is 6.65. The fourth-order valence-corrected chi connectivity index (χ4v) is 2.11. The number of nitrogens with one attached hydrogen (secondary N) is 1. The van der Waals surface area contributed by atoms with Gasteiger partial charge in [-0.3, -0.25) is 0 Å². The molecule has 0 atom stereocenters. The normalized spacial score (nSPS) is 20.1. The molecule has 3 N–H and O–H groups in total. The summed E-state index contributed by atoms with van der Waals surface area (Å²) in [5, 5.41) is 3.29. The predicted molar refractivity (Wildman–Crippen MR) is 59.1 cm³/mol. The van der Waals surface area contributed by atoms with Crippen molar-refractivity contribution in [1.29, 1.82) is 0 Å². The van der Waals surface area contributed by atoms with Crippen LogP contribution in [0.3, 0.4) is 0 Å². The van der Waals surface area contributed by atoms with Crippen LogP contribution >= 0.6 is 0 Å². The van der Waals surface area contributed by atoms with E-state index in [1.807, 2.05) is 12.1 Å². The van der Waals surface area contributed by atoms with E-state index in [0.29, 0.717) is 0 Å². The number of piperidine rings is 1. The fourth-order valence-electron chi connectivity index (χ4n) is 2.11. The van der Waals surface area contributed by atoms with Crippen molar-refractivity contribution in [1.82, 2.24) is 5.32 Å². The van der Waals surface area contributed by atoms with Gasteiger partial charge in [0, 0.05) is 5.54 Å². The highest BCUT2D eigenvalue weighted by atomic mass is 19.1. The molecule has 0 amide bonds. The zero-order valence-electron chi connectivity index (χ0n) is 8.80. The molecular weight excluding hydrogens is 191 g/mol. The van der Waals surface area contributed by atoms with E-state index in [1.54, 1.807) is 0 Å². The standard InChI is InChI=1S/C12H17FN2/c13-11-3-1-10(2-4-11)9-12(14)5-7-15-8-6-12/h1-4,15H,5-9,14H2. The first kappa shape index (κ1) is 10.6. The van der Waals surface area contributed by atoms with Crippen LogP contribution in [-0.2, 0) is 6.42 Å². The highest BCUT2D eigenvalue weighted by Gasteiger charge is 2.27. The van der Waals surface area contributed by atoms with Gasteiger partial charge in [0.15, 0.2) is 0 Å². The molecule has 1 heterocycles. The minimum absolute atomic E-state index is 0.108. The van der Waals surface area contributed by atoms with Gasteiger partial charge in [-0.15, -0.1) is 0 Å². The number of nitrogens with two attached hydrogens (primary N) is 1. The van der Waals surface area contributed by atoms with Crippen LogP contribution in [0, 0.1) is 5.82 Å². The average molecular weight is 208 g/mol. The summed E-state index contributed by atoms with van der Waals surface area (Å²) < 4.78 is 12.7. The zero-order valence-corrected chi connectivity index (χ0v) is 8.80. The zero-order chi connectivity index (χ0) is 10.7. The van der Waals surface area contributed by atoms with Gasteiger partial charge in [-0.05, 0) is 50.0 Å². The number of hydrogen-bond donors (Lipinski definition) is 2. The Hall–Kier alpha value is -0.930. The quantitative estimate of drug-likeness (QED) is 0.772. The summed E-state index contributed by atoms with van der Waals surface area (Å²) in [6.45, 7) is 1.97. The summed E-state index contributed by atoms with van der Waals surface area (Å²) in [5.41, 5.74) is 7.31. The first-order valence-electron chi connectivity index (χ1n) is 5.42. The monoisotopic (exact) mass is 208 g/mol. The van der Waals surface area contributed by atoms with Crippen molar-refractivity contribution >= 4 is 0 Å². The Kier molecular flexibility index (Phi) is 3.03. The van der Waals surface area contributed by atoms with E-state index >= 15 is 0 Å². The Morgan fingerprint density at radius 2 is 1.80 bits per heavy atom. The molecule has 1 aromatic carbocycles. The van der Waals surface area contributed by atoms with Gasteiger partial charge in [-0.1, -0.05) is 12.1 Å². The maximum Gasteiger partial charge on any atom is 0.123 e. The summed E-state index contributed by atoms with van der Waals surface area (Å²) >= 11 is 0. The fraction of sp³-hybridized carbons (Fsp3) is 0.500. The van der Waals surface area contributed by atoms with Gasteiger partial charge >= 0.3 is 0 Å². The third kappa shape index (κ3) is 2.76. The molecule has 0 unspecified atom stereocenters. The maximum absolute atomic E-state index is 12.7. The van der Waals surface area contributed by atoms with Crippen LogP contribution in [0.2, 0.25) is 0 Å². The maximum atomic E-state index is 12.7. The second-order valence-electron chi connectivity index (χ2n) is 4.42. The van der Waals surface area contributed by atoms with Crippen molar-refractivity contribution in [3.8, 4) is 0 Å². The molecule has 1 fully saturated rings. The Morgan fingerprint density at radius 1 is 1.20 bits per heavy atom. The molecule has 0 radical (unpaired) electrons. The van der Waals surface area contributed by atoms with Crippen LogP contribution in [0.15, 0.2) is 24.3 Å². The van der Waals surface area contributed by atoms with Gasteiger partial charge in [0.25, 0.3) is 0 Å². The summed E-state index contributed by atoms with van der Waals surface area (Å²) in [5.74, 6) is -0.185. The molecule has 2 nitrogen and oxygen atoms in total. The highest BCUT2D eigenvalue weighted by Crippen LogP contribution is 2.20. The van der Waals surface area contributed by atoms with Gasteiger partial charge in [0.2, 0.25) is 0 Å². The van der Waals surface area contributed by atoms with Gasteiger partial charge in [0.1, 0.15) is 5.82 Å². The lowest BCUT2D eigenvalue weighted by molar-refractivity contribution is 0.308. The van der Waals surface area contributed by atoms with Gasteiger partial charge < -0.3 is 11.1 Å². The molecule has 0 aromatic heterocycles. The van der Waals surface area contributed by atoms with E-state index in [0.717, 1.165) is 37.9 Å². The molecule has 1 aliphatic heterocycles. The Balaban J connectivity index is 2.03. The lowest BCUT2D eigenvalue weighted by Crippen LogP contribution is -2.50. The molecule has 3 heteroatoms. The number of halogens is 1. The van der Waals surface area contributed by atoms with Crippen molar-refractivity contribution in [3.05, 3.63) is 35.6 Å². The van der Waals surface area contributed by atoms with Crippen LogP contribution in [0.4, 0.5) is 4.39 Å². The van der Waals surface area contributed by atoms with Crippen molar-refractivity contribution in [3.63, 3.8) is 0 Å². The largest absolute Gasteiger partial charge is 0.325 e. The van der Waals surface area contributed by atoms with Crippen molar-refractivity contribution in [2.75, 3.05) is 13.1 Å². The summed E-state index contributed by atoms with van der Waals surface area (Å²) in [6.07, 6.45) is 2.82. The predicted octanol–water partition coefficient (Wildman–Crippen LogP) is 1.45. The third-order valence-corrected chi connectivity index (χ3v) is 3.07. The van der Waals surface area contributed by atoms with Gasteiger partial charge in [-0.25, -0.2) is 4.39 Å². The Morgan fingerprint density at radius 3 is 2.40 bits per heavy atom. The molecule has 0 bridgehead atoms. The molecule has 1 saturated heterocycles. The molecule has 2 rings (SSSR count). The van der Waals surface area contributed by atoms with Crippen LogP contribution in [0.5, 0.6) is 0 Å². The number of rotatable bonds is 2. The number of benzene rings is 1. The van der Waals surface area contributed by atoms with Crippen LogP contribution in [0.1, 0.15) is 18.4 Å². The van der Waals surface area contributed by atoms with Crippen molar-refractivity contribution in [2.24, 2.45) is 5.73 Å². The highest BCUT2D eigenvalue weighted by molar-refractivity contribution is 5.19. The van der Waals surface area contributed by atoms with Crippen LogP contribution in [-0.4, -0.2) is 18.6 Å².